The van der Waals surface area contributed by atoms with Gasteiger partial charge in [-0.1, -0.05) is 11.6 Å². The predicted octanol–water partition coefficient (Wildman–Crippen LogP) is 2.18. The lowest BCUT2D eigenvalue weighted by Gasteiger charge is -2.29. The Hall–Kier alpha value is -2.33. The summed E-state index contributed by atoms with van der Waals surface area (Å²) in [6.07, 6.45) is 1.05. The van der Waals surface area contributed by atoms with E-state index >= 15 is 0 Å². The zero-order chi connectivity index (χ0) is 19.8. The number of amides is 2. The number of halogens is 1. The van der Waals surface area contributed by atoms with Crippen molar-refractivity contribution in [1.29, 1.82) is 0 Å². The summed E-state index contributed by atoms with van der Waals surface area (Å²) in [4.78, 5) is 47.9. The molecule has 1 N–H and O–H groups in total. The summed E-state index contributed by atoms with van der Waals surface area (Å²) < 4.78 is 5.03. The van der Waals surface area contributed by atoms with Gasteiger partial charge in [-0.15, -0.1) is 11.8 Å². The quantitative estimate of drug-likeness (QED) is 0.446. The summed E-state index contributed by atoms with van der Waals surface area (Å²) >= 11 is 7.31. The van der Waals surface area contributed by atoms with E-state index < -0.39 is 34.3 Å². The number of anilines is 1. The Morgan fingerprint density at radius 3 is 2.96 bits per heavy atom. The van der Waals surface area contributed by atoms with Crippen LogP contribution in [-0.2, 0) is 19.1 Å². The third-order valence-electron chi connectivity index (χ3n) is 4.49. The van der Waals surface area contributed by atoms with E-state index in [2.05, 4.69) is 5.32 Å². The predicted molar refractivity (Wildman–Crippen MR) is 98.4 cm³/mol. The van der Waals surface area contributed by atoms with Crippen LogP contribution in [0.1, 0.15) is 19.8 Å². The van der Waals surface area contributed by atoms with E-state index in [1.54, 1.807) is 0 Å². The number of benzene rings is 1. The average molecular weight is 414 g/mol. The van der Waals surface area contributed by atoms with Crippen LogP contribution >= 0.6 is 23.4 Å². The van der Waals surface area contributed by atoms with Crippen molar-refractivity contribution in [1.82, 2.24) is 4.90 Å². The average Bonchev–Trinajstić information content (AvgIpc) is 3.09. The molecule has 1 aromatic carbocycles. The minimum Gasteiger partial charge on any atom is -0.454 e. The molecule has 1 aromatic rings. The zero-order valence-electron chi connectivity index (χ0n) is 14.3. The molecule has 0 aliphatic carbocycles. The monoisotopic (exact) mass is 413 g/mol. The molecule has 2 aliphatic rings. The van der Waals surface area contributed by atoms with E-state index in [1.165, 1.54) is 34.9 Å². The second-order valence-electron chi connectivity index (χ2n) is 6.34. The first-order valence-electron chi connectivity index (χ1n) is 8.08. The molecule has 0 radical (unpaired) electrons. The number of esters is 1. The summed E-state index contributed by atoms with van der Waals surface area (Å²) in [6, 6.07) is 3.00. The van der Waals surface area contributed by atoms with Gasteiger partial charge >= 0.3 is 5.97 Å². The fourth-order valence-electron chi connectivity index (χ4n) is 3.18. The normalized spacial score (nSPS) is 23.9. The second-order valence-corrected chi connectivity index (χ2v) is 8.28. The van der Waals surface area contributed by atoms with Gasteiger partial charge in [0, 0.05) is 23.3 Å². The van der Waals surface area contributed by atoms with Crippen LogP contribution in [0, 0.1) is 10.1 Å². The Bertz CT molecular complexity index is 834. The lowest BCUT2D eigenvalue weighted by Crippen LogP contribution is -2.47. The molecule has 2 aliphatic heterocycles. The van der Waals surface area contributed by atoms with Crippen molar-refractivity contribution in [3.8, 4) is 0 Å². The van der Waals surface area contributed by atoms with Gasteiger partial charge in [-0.3, -0.25) is 19.7 Å². The van der Waals surface area contributed by atoms with Crippen LogP contribution in [0.25, 0.3) is 0 Å². The lowest BCUT2D eigenvalue weighted by molar-refractivity contribution is -0.383. The Labute approximate surface area is 163 Å². The first-order chi connectivity index (χ1) is 12.7. The van der Waals surface area contributed by atoms with E-state index in [0.29, 0.717) is 18.6 Å². The molecule has 2 atom stereocenters. The van der Waals surface area contributed by atoms with Crippen LogP contribution in [0.2, 0.25) is 5.02 Å². The van der Waals surface area contributed by atoms with Gasteiger partial charge in [0.05, 0.1) is 9.79 Å². The number of ether oxygens (including phenoxy) is 1. The maximum Gasteiger partial charge on any atom is 0.330 e. The summed E-state index contributed by atoms with van der Waals surface area (Å²) in [6.45, 7) is 1.28. The molecule has 9 nitrogen and oxygen atoms in total. The SMILES string of the molecule is C[C@]12CCC(=O)N1[C@H](C(=O)OCC(=O)Nc1cc(Cl)ccc1[N+](=O)[O-])CS2. The van der Waals surface area contributed by atoms with Crippen molar-refractivity contribution < 1.29 is 24.0 Å². The van der Waals surface area contributed by atoms with Gasteiger partial charge in [0.1, 0.15) is 11.7 Å². The van der Waals surface area contributed by atoms with Crippen LogP contribution in [0.4, 0.5) is 11.4 Å². The fraction of sp³-hybridized carbons (Fsp3) is 0.438. The topological polar surface area (TPSA) is 119 Å². The summed E-state index contributed by atoms with van der Waals surface area (Å²) in [5.74, 6) is -1.11. The Morgan fingerprint density at radius 1 is 1.52 bits per heavy atom. The standard InChI is InChI=1S/C16H16ClN3O6S/c1-16-5-4-14(22)19(16)12(8-27-16)15(23)26-7-13(21)18-10-6-9(17)2-3-11(10)20(24)25/h2-3,6,12H,4-5,7-8H2,1H3,(H,18,21)/t12-,16-/m0/s1. The maximum absolute atomic E-state index is 12.3. The molecule has 0 unspecified atom stereocenters. The van der Waals surface area contributed by atoms with E-state index in [-0.39, 0.29) is 22.3 Å². The lowest BCUT2D eigenvalue weighted by atomic mass is 10.2. The van der Waals surface area contributed by atoms with Crippen molar-refractivity contribution in [2.45, 2.75) is 30.7 Å². The Kier molecular flexibility index (Phi) is 5.29. The van der Waals surface area contributed by atoms with Crippen molar-refractivity contribution in [2.75, 3.05) is 17.7 Å². The number of thioether (sulfide) groups is 1. The number of fused-ring (bicyclic) bond motifs is 1. The molecule has 27 heavy (non-hydrogen) atoms. The molecular formula is C16H16ClN3O6S. The molecule has 144 valence electrons. The Morgan fingerprint density at radius 2 is 2.26 bits per heavy atom. The van der Waals surface area contributed by atoms with Crippen LogP contribution in [-0.4, -0.2) is 50.9 Å². The van der Waals surface area contributed by atoms with E-state index in [4.69, 9.17) is 16.3 Å². The van der Waals surface area contributed by atoms with Crippen LogP contribution < -0.4 is 5.32 Å². The minimum atomic E-state index is -0.741. The molecule has 0 aromatic heterocycles. The number of rotatable bonds is 5. The van der Waals surface area contributed by atoms with Crippen molar-refractivity contribution in [3.63, 3.8) is 0 Å². The van der Waals surface area contributed by atoms with Crippen molar-refractivity contribution in [3.05, 3.63) is 33.3 Å². The number of nitro benzene ring substituents is 1. The maximum atomic E-state index is 12.3. The minimum absolute atomic E-state index is 0.0905. The summed E-state index contributed by atoms with van der Waals surface area (Å²) in [5, 5.41) is 13.5. The number of nitro groups is 1. The van der Waals surface area contributed by atoms with Gasteiger partial charge in [0.15, 0.2) is 6.61 Å². The number of nitrogens with one attached hydrogen (secondary N) is 1. The first kappa shape index (κ1) is 19.4. The van der Waals surface area contributed by atoms with Gasteiger partial charge in [0.2, 0.25) is 5.91 Å². The first-order valence-corrected chi connectivity index (χ1v) is 9.44. The molecule has 2 heterocycles. The largest absolute Gasteiger partial charge is 0.454 e. The van der Waals surface area contributed by atoms with E-state index in [9.17, 15) is 24.5 Å². The second kappa shape index (κ2) is 7.35. The summed E-state index contributed by atoms with van der Waals surface area (Å²) in [5.41, 5.74) is -0.419. The molecule has 11 heteroatoms. The third-order valence-corrected chi connectivity index (χ3v) is 6.23. The molecule has 0 bridgehead atoms. The van der Waals surface area contributed by atoms with Crippen LogP contribution in [0.15, 0.2) is 18.2 Å². The highest BCUT2D eigenvalue weighted by Gasteiger charge is 2.53. The van der Waals surface area contributed by atoms with E-state index in [1.807, 2.05) is 6.92 Å². The third kappa shape index (κ3) is 3.86. The molecule has 2 amide bonds. The number of carbonyl (C=O) groups excluding carboxylic acids is 3. The van der Waals surface area contributed by atoms with Crippen molar-refractivity contribution >= 4 is 52.5 Å². The molecule has 3 rings (SSSR count). The fourth-order valence-corrected chi connectivity index (χ4v) is 4.77. The number of hydrogen-bond acceptors (Lipinski definition) is 7. The van der Waals surface area contributed by atoms with Gasteiger partial charge in [0.25, 0.3) is 11.6 Å². The molecule has 2 saturated heterocycles. The highest BCUT2D eigenvalue weighted by molar-refractivity contribution is 8.01. The molecule has 0 spiro atoms. The Balaban J connectivity index is 1.60. The number of nitrogens with zero attached hydrogens (tertiary/aromatic N) is 2. The number of hydrogen-bond donors (Lipinski definition) is 1. The van der Waals surface area contributed by atoms with Crippen LogP contribution in [0.3, 0.4) is 0 Å². The van der Waals surface area contributed by atoms with Gasteiger partial charge in [-0.25, -0.2) is 4.79 Å². The highest BCUT2D eigenvalue weighted by Crippen LogP contribution is 2.47. The smallest absolute Gasteiger partial charge is 0.330 e. The van der Waals surface area contributed by atoms with E-state index in [0.717, 1.165) is 0 Å². The summed E-state index contributed by atoms with van der Waals surface area (Å²) in [7, 11) is 0. The van der Waals surface area contributed by atoms with Crippen LogP contribution in [0.5, 0.6) is 0 Å². The molecule has 0 saturated carbocycles. The molecule has 2 fully saturated rings. The highest BCUT2D eigenvalue weighted by atomic mass is 35.5. The van der Waals surface area contributed by atoms with Gasteiger partial charge in [-0.2, -0.15) is 0 Å². The van der Waals surface area contributed by atoms with Gasteiger partial charge in [-0.05, 0) is 25.5 Å². The number of carbonyl (C=O) groups is 3. The molecular weight excluding hydrogens is 398 g/mol. The van der Waals surface area contributed by atoms with Crippen molar-refractivity contribution in [2.24, 2.45) is 0 Å². The van der Waals surface area contributed by atoms with Gasteiger partial charge < -0.3 is 15.0 Å². The zero-order valence-corrected chi connectivity index (χ0v) is 15.8.